The molecule has 0 saturated heterocycles. The van der Waals surface area contributed by atoms with Gasteiger partial charge in [0.1, 0.15) is 17.1 Å². The number of fused-ring (bicyclic) bond motifs is 1. The van der Waals surface area contributed by atoms with Crippen LogP contribution in [0, 0.1) is 0 Å². The Kier molecular flexibility index (Phi) is 9.04. The summed E-state index contributed by atoms with van der Waals surface area (Å²) in [5.74, 6) is 2.30. The van der Waals surface area contributed by atoms with E-state index in [9.17, 15) is 0 Å². The van der Waals surface area contributed by atoms with Crippen molar-refractivity contribution in [1.29, 1.82) is 0 Å². The molecule has 156 valence electrons. The van der Waals surface area contributed by atoms with Crippen molar-refractivity contribution in [2.24, 2.45) is 4.99 Å². The van der Waals surface area contributed by atoms with Crippen molar-refractivity contribution in [2.75, 3.05) is 27.3 Å². The highest BCUT2D eigenvalue weighted by Crippen LogP contribution is 2.25. The number of hydrogen-bond acceptors (Lipinski definition) is 4. The Labute approximate surface area is 188 Å². The first-order valence-electron chi connectivity index (χ1n) is 9.39. The number of rotatable bonds is 8. The van der Waals surface area contributed by atoms with Crippen LogP contribution in [0.3, 0.4) is 0 Å². The Morgan fingerprint density at radius 3 is 2.72 bits per heavy atom. The SMILES string of the molecule is CCNC(=NCc1ccc(OC)cc1OC)NCCc1cn2ccccc2n1.I. The molecule has 0 aliphatic rings. The predicted octanol–water partition coefficient (Wildman–Crippen LogP) is 3.27. The molecule has 0 amide bonds. The van der Waals surface area contributed by atoms with Crippen molar-refractivity contribution in [2.45, 2.75) is 19.9 Å². The Balaban J connectivity index is 0.00000300. The van der Waals surface area contributed by atoms with Gasteiger partial charge in [0, 0.05) is 43.5 Å². The lowest BCUT2D eigenvalue weighted by Gasteiger charge is -2.12. The summed E-state index contributed by atoms with van der Waals surface area (Å²) in [6, 6.07) is 11.8. The number of halogens is 1. The topological polar surface area (TPSA) is 72.2 Å². The van der Waals surface area contributed by atoms with Gasteiger partial charge in [-0.1, -0.05) is 6.07 Å². The van der Waals surface area contributed by atoms with Crippen molar-refractivity contribution in [3.8, 4) is 11.5 Å². The molecule has 3 aromatic rings. The fourth-order valence-electron chi connectivity index (χ4n) is 2.91. The van der Waals surface area contributed by atoms with E-state index in [-0.39, 0.29) is 24.0 Å². The molecular weight excluding hydrogens is 481 g/mol. The number of imidazole rings is 1. The molecule has 0 fully saturated rings. The number of ether oxygens (including phenoxy) is 2. The van der Waals surface area contributed by atoms with E-state index in [4.69, 9.17) is 9.47 Å². The minimum atomic E-state index is 0. The second kappa shape index (κ2) is 11.5. The van der Waals surface area contributed by atoms with E-state index in [0.717, 1.165) is 53.9 Å². The van der Waals surface area contributed by atoms with Crippen LogP contribution in [0.4, 0.5) is 0 Å². The molecule has 1 aromatic carbocycles. The molecule has 0 radical (unpaired) electrons. The molecule has 0 bridgehead atoms. The largest absolute Gasteiger partial charge is 0.497 e. The molecule has 0 aliphatic heterocycles. The standard InChI is InChI=1S/C21H27N5O2.HI/c1-4-22-21(24-14-16-8-9-18(27-2)13-19(16)28-3)23-11-10-17-15-26-12-6-5-7-20(26)25-17;/h5-9,12-13,15H,4,10-11,14H2,1-3H3,(H2,22,23,24);1H. The average molecular weight is 509 g/mol. The van der Waals surface area contributed by atoms with E-state index in [1.54, 1.807) is 14.2 Å². The first kappa shape index (κ1) is 22.8. The number of benzene rings is 1. The lowest BCUT2D eigenvalue weighted by Crippen LogP contribution is -2.38. The number of guanidine groups is 1. The second-order valence-electron chi connectivity index (χ2n) is 6.25. The quantitative estimate of drug-likeness (QED) is 0.277. The van der Waals surface area contributed by atoms with Gasteiger partial charge in [-0.15, -0.1) is 24.0 Å². The molecule has 3 rings (SSSR count). The molecular formula is C21H28IN5O2. The van der Waals surface area contributed by atoms with Crippen molar-refractivity contribution < 1.29 is 9.47 Å². The Morgan fingerprint density at radius 1 is 1.14 bits per heavy atom. The number of nitrogens with one attached hydrogen (secondary N) is 2. The summed E-state index contributed by atoms with van der Waals surface area (Å²) in [7, 11) is 3.29. The average Bonchev–Trinajstić information content (AvgIpc) is 3.14. The van der Waals surface area contributed by atoms with Crippen LogP contribution in [0.25, 0.3) is 5.65 Å². The van der Waals surface area contributed by atoms with E-state index in [2.05, 4.69) is 26.8 Å². The van der Waals surface area contributed by atoms with Crippen molar-refractivity contribution >= 4 is 35.6 Å². The molecule has 8 heteroatoms. The zero-order valence-corrected chi connectivity index (χ0v) is 19.3. The molecule has 2 heterocycles. The zero-order valence-electron chi connectivity index (χ0n) is 17.0. The first-order chi connectivity index (χ1) is 13.7. The van der Waals surface area contributed by atoms with Gasteiger partial charge in [-0.25, -0.2) is 9.98 Å². The fraction of sp³-hybridized carbons (Fsp3) is 0.333. The molecule has 7 nitrogen and oxygen atoms in total. The Hall–Kier alpha value is -2.49. The Morgan fingerprint density at radius 2 is 2.00 bits per heavy atom. The minimum absolute atomic E-state index is 0. The maximum Gasteiger partial charge on any atom is 0.191 e. The third kappa shape index (κ3) is 6.25. The summed E-state index contributed by atoms with van der Waals surface area (Å²) in [5, 5.41) is 6.64. The summed E-state index contributed by atoms with van der Waals surface area (Å²) in [6.07, 6.45) is 4.88. The number of aliphatic imine (C=N–C) groups is 1. The molecule has 29 heavy (non-hydrogen) atoms. The predicted molar refractivity (Wildman–Crippen MR) is 127 cm³/mol. The highest BCUT2D eigenvalue weighted by Gasteiger charge is 2.06. The molecule has 0 spiro atoms. The summed E-state index contributed by atoms with van der Waals surface area (Å²) in [4.78, 5) is 9.29. The molecule has 2 N–H and O–H groups in total. The van der Waals surface area contributed by atoms with Gasteiger partial charge in [-0.05, 0) is 31.2 Å². The van der Waals surface area contributed by atoms with Crippen LogP contribution in [-0.4, -0.2) is 42.7 Å². The van der Waals surface area contributed by atoms with Gasteiger partial charge in [-0.3, -0.25) is 0 Å². The van der Waals surface area contributed by atoms with E-state index in [1.165, 1.54) is 0 Å². The van der Waals surface area contributed by atoms with E-state index in [1.807, 2.05) is 53.9 Å². The number of aromatic nitrogens is 2. The number of nitrogens with zero attached hydrogens (tertiary/aromatic N) is 3. The number of pyridine rings is 1. The van der Waals surface area contributed by atoms with Crippen LogP contribution in [-0.2, 0) is 13.0 Å². The second-order valence-corrected chi connectivity index (χ2v) is 6.25. The summed E-state index contributed by atoms with van der Waals surface area (Å²) in [6.45, 7) is 4.10. The van der Waals surface area contributed by atoms with Crippen molar-refractivity contribution in [3.05, 3.63) is 60.0 Å². The van der Waals surface area contributed by atoms with E-state index in [0.29, 0.717) is 6.54 Å². The number of methoxy groups -OCH3 is 2. The first-order valence-corrected chi connectivity index (χ1v) is 9.39. The van der Waals surface area contributed by atoms with Crippen LogP contribution >= 0.6 is 24.0 Å². The molecule has 0 atom stereocenters. The lowest BCUT2D eigenvalue weighted by atomic mass is 10.2. The normalized spacial score (nSPS) is 11.1. The van der Waals surface area contributed by atoms with Gasteiger partial charge < -0.3 is 24.5 Å². The maximum absolute atomic E-state index is 5.45. The van der Waals surface area contributed by atoms with Gasteiger partial charge in [0.2, 0.25) is 0 Å². The maximum atomic E-state index is 5.45. The van der Waals surface area contributed by atoms with Gasteiger partial charge in [-0.2, -0.15) is 0 Å². The van der Waals surface area contributed by atoms with Crippen LogP contribution < -0.4 is 20.1 Å². The summed E-state index contributed by atoms with van der Waals surface area (Å²) in [5.41, 5.74) is 3.01. The van der Waals surface area contributed by atoms with Gasteiger partial charge in [0.05, 0.1) is 26.5 Å². The Bertz CT molecular complexity index is 909. The van der Waals surface area contributed by atoms with Crippen LogP contribution in [0.1, 0.15) is 18.2 Å². The highest BCUT2D eigenvalue weighted by molar-refractivity contribution is 14.0. The van der Waals surface area contributed by atoms with Crippen LogP contribution in [0.2, 0.25) is 0 Å². The van der Waals surface area contributed by atoms with Crippen LogP contribution in [0.5, 0.6) is 11.5 Å². The highest BCUT2D eigenvalue weighted by atomic mass is 127. The van der Waals surface area contributed by atoms with Gasteiger partial charge >= 0.3 is 0 Å². The third-order valence-corrected chi connectivity index (χ3v) is 4.33. The molecule has 0 saturated carbocycles. The number of hydrogen-bond donors (Lipinski definition) is 2. The molecule has 0 aliphatic carbocycles. The molecule has 0 unspecified atom stereocenters. The van der Waals surface area contributed by atoms with Crippen molar-refractivity contribution in [1.82, 2.24) is 20.0 Å². The van der Waals surface area contributed by atoms with Gasteiger partial charge in [0.15, 0.2) is 5.96 Å². The summed E-state index contributed by atoms with van der Waals surface area (Å²) >= 11 is 0. The summed E-state index contributed by atoms with van der Waals surface area (Å²) < 4.78 is 12.7. The van der Waals surface area contributed by atoms with Crippen LogP contribution in [0.15, 0.2) is 53.8 Å². The minimum Gasteiger partial charge on any atom is -0.497 e. The van der Waals surface area contributed by atoms with Gasteiger partial charge in [0.25, 0.3) is 0 Å². The lowest BCUT2D eigenvalue weighted by molar-refractivity contribution is 0.391. The fourth-order valence-corrected chi connectivity index (χ4v) is 2.91. The monoisotopic (exact) mass is 509 g/mol. The van der Waals surface area contributed by atoms with Crippen molar-refractivity contribution in [3.63, 3.8) is 0 Å². The zero-order chi connectivity index (χ0) is 19.8. The van der Waals surface area contributed by atoms with E-state index < -0.39 is 0 Å². The molecule has 2 aromatic heterocycles. The van der Waals surface area contributed by atoms with E-state index >= 15 is 0 Å². The third-order valence-electron chi connectivity index (χ3n) is 4.33. The smallest absolute Gasteiger partial charge is 0.191 e.